The van der Waals surface area contributed by atoms with Crippen molar-refractivity contribution in [2.24, 2.45) is 0 Å². The van der Waals surface area contributed by atoms with Crippen LogP contribution in [-0.4, -0.2) is 81.4 Å². The van der Waals surface area contributed by atoms with Gasteiger partial charge in [-0.1, -0.05) is 41.9 Å². The maximum absolute atomic E-state index is 13.2. The minimum absolute atomic E-state index is 0.156. The molecule has 1 amide bonds. The van der Waals surface area contributed by atoms with Crippen LogP contribution >= 0.6 is 11.6 Å². The largest absolute Gasteiger partial charge is 0.487 e. The fourth-order valence-electron chi connectivity index (χ4n) is 6.46. The first-order valence-corrected chi connectivity index (χ1v) is 16.7. The van der Waals surface area contributed by atoms with Crippen molar-refractivity contribution < 1.29 is 24.5 Å². The number of carbonyl (C=O) groups is 1. The number of carbonyl (C=O) groups excluding carboxylic acids is 1. The van der Waals surface area contributed by atoms with Crippen LogP contribution in [0.2, 0.25) is 5.02 Å². The van der Waals surface area contributed by atoms with E-state index in [9.17, 15) is 15.0 Å². The van der Waals surface area contributed by atoms with E-state index in [1.165, 1.54) is 0 Å². The van der Waals surface area contributed by atoms with Crippen LogP contribution < -0.4 is 14.8 Å². The molecule has 2 aromatic heterocycles. The fourth-order valence-corrected chi connectivity index (χ4v) is 6.69. The van der Waals surface area contributed by atoms with Crippen molar-refractivity contribution in [2.75, 3.05) is 38.6 Å². The Labute approximate surface area is 286 Å². The predicted molar refractivity (Wildman–Crippen MR) is 185 cm³/mol. The maximum Gasteiger partial charge on any atom is 0.274 e. The van der Waals surface area contributed by atoms with Gasteiger partial charge in [-0.25, -0.2) is 4.98 Å². The highest BCUT2D eigenvalue weighted by atomic mass is 35.5. The van der Waals surface area contributed by atoms with E-state index < -0.39 is 0 Å². The number of aliphatic hydroxyl groups is 2. The molecule has 2 aliphatic heterocycles. The van der Waals surface area contributed by atoms with E-state index in [1.807, 2.05) is 62.4 Å². The molecule has 2 saturated heterocycles. The molecule has 252 valence electrons. The number of halogens is 1. The summed E-state index contributed by atoms with van der Waals surface area (Å²) in [5.41, 5.74) is 7.30. The van der Waals surface area contributed by atoms with E-state index in [2.05, 4.69) is 25.1 Å². The van der Waals surface area contributed by atoms with Gasteiger partial charge in [0.2, 0.25) is 5.88 Å². The molecule has 2 fully saturated rings. The Kier molecular flexibility index (Phi) is 10.6. The minimum atomic E-state index is -0.306. The number of nitrogens with one attached hydrogen (secondary N) is 1. The van der Waals surface area contributed by atoms with Crippen molar-refractivity contribution >= 4 is 23.2 Å². The van der Waals surface area contributed by atoms with Crippen molar-refractivity contribution in [3.8, 4) is 22.8 Å². The van der Waals surface area contributed by atoms with Crippen molar-refractivity contribution in [3.05, 3.63) is 99.5 Å². The number of amides is 1. The second kappa shape index (κ2) is 15.0. The van der Waals surface area contributed by atoms with Crippen molar-refractivity contribution in [1.29, 1.82) is 0 Å². The van der Waals surface area contributed by atoms with Crippen LogP contribution in [0.15, 0.2) is 60.8 Å². The lowest BCUT2D eigenvalue weighted by atomic mass is 9.95. The molecule has 0 bridgehead atoms. The maximum atomic E-state index is 13.2. The van der Waals surface area contributed by atoms with Crippen LogP contribution in [0.25, 0.3) is 11.1 Å². The number of nitrogens with zero attached hydrogens (tertiary/aromatic N) is 4. The summed E-state index contributed by atoms with van der Waals surface area (Å²) >= 11 is 6.66. The molecule has 11 heteroatoms. The molecule has 0 spiro atoms. The summed E-state index contributed by atoms with van der Waals surface area (Å²) in [6, 6.07) is 17.3. The number of hydrogen-bond acceptors (Lipinski definition) is 9. The number of methoxy groups -OCH3 is 1. The molecule has 6 rings (SSSR count). The van der Waals surface area contributed by atoms with Gasteiger partial charge in [0.1, 0.15) is 23.7 Å². The SMILES string of the molecule is COc1nc(COc2cccc(-c3cccc(NC(=O)c4ccc(CN5CC[C@@H](O)C5)cn4)c3C)c2C)c(Cl)cc1CN1CC[C@@H](O)C1. The summed E-state index contributed by atoms with van der Waals surface area (Å²) in [7, 11) is 1.59. The second-order valence-electron chi connectivity index (χ2n) is 12.6. The van der Waals surface area contributed by atoms with E-state index in [1.54, 1.807) is 19.4 Å². The van der Waals surface area contributed by atoms with Gasteiger partial charge in [-0.05, 0) is 78.8 Å². The summed E-state index contributed by atoms with van der Waals surface area (Å²) in [6.45, 7) is 8.40. The normalized spacial score (nSPS) is 18.3. The first kappa shape index (κ1) is 33.8. The second-order valence-corrected chi connectivity index (χ2v) is 13.0. The first-order valence-electron chi connectivity index (χ1n) is 16.3. The number of benzene rings is 2. The summed E-state index contributed by atoms with van der Waals surface area (Å²) in [6.07, 6.45) is 2.69. The zero-order valence-corrected chi connectivity index (χ0v) is 28.3. The lowest BCUT2D eigenvalue weighted by Crippen LogP contribution is -2.22. The number of pyridine rings is 2. The molecule has 0 radical (unpaired) electrons. The van der Waals surface area contributed by atoms with E-state index in [0.29, 0.717) is 59.9 Å². The Bertz CT molecular complexity index is 1770. The predicted octanol–water partition coefficient (Wildman–Crippen LogP) is 5.39. The topological polar surface area (TPSA) is 120 Å². The highest BCUT2D eigenvalue weighted by molar-refractivity contribution is 6.31. The van der Waals surface area contributed by atoms with Crippen molar-refractivity contribution in [3.63, 3.8) is 0 Å². The molecule has 0 saturated carbocycles. The van der Waals surface area contributed by atoms with Gasteiger partial charge < -0.3 is 25.0 Å². The highest BCUT2D eigenvalue weighted by Crippen LogP contribution is 2.35. The number of likely N-dealkylation sites (tertiary alicyclic amines) is 2. The Morgan fingerprint density at radius 2 is 1.65 bits per heavy atom. The number of anilines is 1. The van der Waals surface area contributed by atoms with Crippen LogP contribution in [0.1, 0.15) is 51.3 Å². The molecule has 0 unspecified atom stereocenters. The van der Waals surface area contributed by atoms with Crippen LogP contribution in [0.5, 0.6) is 11.6 Å². The molecular formula is C37H42ClN5O5. The molecule has 4 heterocycles. The van der Waals surface area contributed by atoms with Gasteiger partial charge in [0.25, 0.3) is 5.91 Å². The van der Waals surface area contributed by atoms with Crippen molar-refractivity contribution in [1.82, 2.24) is 19.8 Å². The molecule has 3 N–H and O–H groups in total. The smallest absolute Gasteiger partial charge is 0.274 e. The number of aromatic nitrogens is 2. The zero-order valence-electron chi connectivity index (χ0n) is 27.6. The van der Waals surface area contributed by atoms with Gasteiger partial charge >= 0.3 is 0 Å². The van der Waals surface area contributed by atoms with E-state index in [-0.39, 0.29) is 24.7 Å². The number of rotatable bonds is 11. The minimum Gasteiger partial charge on any atom is -0.487 e. The van der Waals surface area contributed by atoms with Gasteiger partial charge in [-0.15, -0.1) is 0 Å². The molecule has 10 nitrogen and oxygen atoms in total. The Balaban J connectivity index is 1.13. The summed E-state index contributed by atoms with van der Waals surface area (Å²) in [5, 5.41) is 23.2. The van der Waals surface area contributed by atoms with Crippen LogP contribution in [-0.2, 0) is 19.7 Å². The summed E-state index contributed by atoms with van der Waals surface area (Å²) in [5.74, 6) is 0.908. The average molecular weight is 672 g/mol. The fraction of sp³-hybridized carbons (Fsp3) is 0.378. The van der Waals surface area contributed by atoms with E-state index in [0.717, 1.165) is 59.3 Å². The molecule has 2 aromatic carbocycles. The first-order chi connectivity index (χ1) is 23.2. The Hall–Kier alpha value is -4.06. The van der Waals surface area contributed by atoms with Crippen LogP contribution in [0.4, 0.5) is 5.69 Å². The lowest BCUT2D eigenvalue weighted by molar-refractivity contribution is 0.102. The quantitative estimate of drug-likeness (QED) is 0.193. The third-order valence-corrected chi connectivity index (χ3v) is 9.48. The number of ether oxygens (including phenoxy) is 2. The zero-order chi connectivity index (χ0) is 33.8. The number of hydrogen-bond donors (Lipinski definition) is 3. The van der Waals surface area contributed by atoms with Gasteiger partial charge in [0.15, 0.2) is 0 Å². The number of β-amino-alcohol motifs (C(OH)–C–C–N with tert-alkyl or cyclic N) is 2. The summed E-state index contributed by atoms with van der Waals surface area (Å²) < 4.78 is 11.8. The van der Waals surface area contributed by atoms with Gasteiger partial charge in [0, 0.05) is 56.7 Å². The van der Waals surface area contributed by atoms with E-state index in [4.69, 9.17) is 21.1 Å². The molecule has 4 aromatic rings. The molecule has 2 atom stereocenters. The standard InChI is InChI=1S/C37H42ClN5O5/c1-23-29(6-4-8-32(23)40-36(46)33-11-10-25(17-39-33)18-42-14-12-27(44)20-42)30-7-5-9-35(24(30)2)48-22-34-31(38)16-26(37(41-34)47-3)19-43-15-13-28(45)21-43/h4-11,16-17,27-28,44-45H,12-15,18-22H2,1-3H3,(H,40,46)/t27-,28-/m1/s1. The van der Waals surface area contributed by atoms with Gasteiger partial charge in [-0.2, -0.15) is 0 Å². The highest BCUT2D eigenvalue weighted by Gasteiger charge is 2.23. The Morgan fingerprint density at radius 1 is 0.958 bits per heavy atom. The Morgan fingerprint density at radius 3 is 2.29 bits per heavy atom. The summed E-state index contributed by atoms with van der Waals surface area (Å²) in [4.78, 5) is 26.6. The monoisotopic (exact) mass is 671 g/mol. The molecular weight excluding hydrogens is 630 g/mol. The molecule has 48 heavy (non-hydrogen) atoms. The van der Waals surface area contributed by atoms with Gasteiger partial charge in [-0.3, -0.25) is 19.6 Å². The third kappa shape index (κ3) is 7.80. The lowest BCUT2D eigenvalue weighted by Gasteiger charge is -2.19. The third-order valence-electron chi connectivity index (χ3n) is 9.15. The molecule has 0 aliphatic carbocycles. The van der Waals surface area contributed by atoms with Crippen LogP contribution in [0, 0.1) is 13.8 Å². The van der Waals surface area contributed by atoms with E-state index >= 15 is 0 Å². The van der Waals surface area contributed by atoms with Crippen LogP contribution in [0.3, 0.4) is 0 Å². The van der Waals surface area contributed by atoms with Crippen molar-refractivity contribution in [2.45, 2.75) is 58.6 Å². The molecule has 2 aliphatic rings. The average Bonchev–Trinajstić information content (AvgIpc) is 3.69. The number of aliphatic hydroxyl groups excluding tert-OH is 2. The van der Waals surface area contributed by atoms with Gasteiger partial charge in [0.05, 0.1) is 24.3 Å².